The van der Waals surface area contributed by atoms with Crippen LogP contribution in [0.15, 0.2) is 10.3 Å². The Hall–Kier alpha value is -1.06. The van der Waals surface area contributed by atoms with Crippen LogP contribution in [-0.2, 0) is 0 Å². The summed E-state index contributed by atoms with van der Waals surface area (Å²) in [5.41, 5.74) is 1.88. The van der Waals surface area contributed by atoms with E-state index < -0.39 is 0 Å². The molecule has 0 aromatic rings. The largest absolute Gasteiger partial charge is 0.411 e. The highest BCUT2D eigenvalue weighted by molar-refractivity contribution is 5.94. The minimum absolute atomic E-state index is 0.425. The summed E-state index contributed by atoms with van der Waals surface area (Å²) in [4.78, 5) is 0. The zero-order valence-electron chi connectivity index (χ0n) is 7.48. The molecular weight excluding hydrogens is 168 g/mol. The standard InChI is InChI=1S/C9H14N2O2/c12-10-8-3-1-6-5-7(8)2-4-9(6)11-13/h6-7,12-13H,1-5H2/b10-8+,11-9?. The van der Waals surface area contributed by atoms with Crippen molar-refractivity contribution in [2.45, 2.75) is 32.1 Å². The Balaban J connectivity index is 2.13. The molecule has 2 N–H and O–H groups in total. The van der Waals surface area contributed by atoms with E-state index in [9.17, 15) is 0 Å². The van der Waals surface area contributed by atoms with Gasteiger partial charge in [0.2, 0.25) is 0 Å². The van der Waals surface area contributed by atoms with Crippen molar-refractivity contribution in [3.63, 3.8) is 0 Å². The van der Waals surface area contributed by atoms with E-state index in [1.165, 1.54) is 0 Å². The molecule has 2 saturated carbocycles. The van der Waals surface area contributed by atoms with Gasteiger partial charge in [-0.25, -0.2) is 0 Å². The number of fused-ring (bicyclic) bond motifs is 2. The summed E-state index contributed by atoms with van der Waals surface area (Å²) in [5.74, 6) is 0.850. The molecule has 2 atom stereocenters. The molecule has 13 heavy (non-hydrogen) atoms. The normalized spacial score (nSPS) is 39.7. The van der Waals surface area contributed by atoms with E-state index >= 15 is 0 Å². The molecule has 2 aliphatic carbocycles. The maximum atomic E-state index is 8.73. The van der Waals surface area contributed by atoms with Crippen molar-refractivity contribution < 1.29 is 10.4 Å². The number of rotatable bonds is 0. The number of nitrogens with zero attached hydrogens (tertiary/aromatic N) is 2. The van der Waals surface area contributed by atoms with Crippen LogP contribution in [0.4, 0.5) is 0 Å². The average Bonchev–Trinajstić information content (AvgIpc) is 2.19. The molecule has 0 amide bonds. The Morgan fingerprint density at radius 1 is 0.923 bits per heavy atom. The molecule has 2 unspecified atom stereocenters. The van der Waals surface area contributed by atoms with E-state index in [1.54, 1.807) is 0 Å². The van der Waals surface area contributed by atoms with Crippen molar-refractivity contribution in [2.75, 3.05) is 0 Å². The third kappa shape index (κ3) is 1.41. The van der Waals surface area contributed by atoms with Crippen molar-refractivity contribution in [1.29, 1.82) is 0 Å². The van der Waals surface area contributed by atoms with E-state index in [0.29, 0.717) is 11.8 Å². The lowest BCUT2D eigenvalue weighted by molar-refractivity contribution is 0.288. The minimum atomic E-state index is 0.425. The highest BCUT2D eigenvalue weighted by Gasteiger charge is 2.34. The third-order valence-electron chi connectivity index (χ3n) is 3.27. The fourth-order valence-electron chi connectivity index (χ4n) is 2.50. The van der Waals surface area contributed by atoms with Crippen LogP contribution in [0.2, 0.25) is 0 Å². The van der Waals surface area contributed by atoms with Gasteiger partial charge in [-0.2, -0.15) is 0 Å². The van der Waals surface area contributed by atoms with E-state index in [4.69, 9.17) is 10.4 Å². The SMILES string of the molecule is ON=C1CCC2CC1CC/C2=N\O. The van der Waals surface area contributed by atoms with Crippen LogP contribution in [0.1, 0.15) is 32.1 Å². The second-order valence-corrected chi connectivity index (χ2v) is 3.89. The third-order valence-corrected chi connectivity index (χ3v) is 3.27. The molecule has 0 aromatic carbocycles. The molecule has 0 aliphatic heterocycles. The van der Waals surface area contributed by atoms with Crippen molar-refractivity contribution in [2.24, 2.45) is 22.1 Å². The number of oxime groups is 2. The van der Waals surface area contributed by atoms with Crippen LogP contribution in [0.25, 0.3) is 0 Å². The second kappa shape index (κ2) is 3.36. The topological polar surface area (TPSA) is 65.2 Å². The highest BCUT2D eigenvalue weighted by atomic mass is 16.4. The fraction of sp³-hybridized carbons (Fsp3) is 0.778. The lowest BCUT2D eigenvalue weighted by Crippen LogP contribution is -2.34. The van der Waals surface area contributed by atoms with E-state index in [-0.39, 0.29) is 0 Å². The molecule has 0 radical (unpaired) electrons. The van der Waals surface area contributed by atoms with Gasteiger partial charge in [0.1, 0.15) is 0 Å². The van der Waals surface area contributed by atoms with Gasteiger partial charge in [-0.05, 0) is 32.1 Å². The first kappa shape index (κ1) is 8.53. The van der Waals surface area contributed by atoms with Gasteiger partial charge in [0, 0.05) is 11.8 Å². The van der Waals surface area contributed by atoms with Crippen molar-refractivity contribution in [1.82, 2.24) is 0 Å². The van der Waals surface area contributed by atoms with Gasteiger partial charge in [0.05, 0.1) is 11.4 Å². The maximum Gasteiger partial charge on any atom is 0.0602 e. The molecule has 72 valence electrons. The van der Waals surface area contributed by atoms with Crippen molar-refractivity contribution >= 4 is 11.4 Å². The van der Waals surface area contributed by atoms with Crippen molar-refractivity contribution in [3.05, 3.63) is 0 Å². The smallest absolute Gasteiger partial charge is 0.0602 e. The Bertz CT molecular complexity index is 234. The summed E-state index contributed by atoms with van der Waals surface area (Å²) in [6.45, 7) is 0. The van der Waals surface area contributed by atoms with Crippen LogP contribution in [0, 0.1) is 11.8 Å². The highest BCUT2D eigenvalue weighted by Crippen LogP contribution is 2.36. The van der Waals surface area contributed by atoms with Gasteiger partial charge < -0.3 is 10.4 Å². The Kier molecular flexibility index (Phi) is 2.20. The van der Waals surface area contributed by atoms with Gasteiger partial charge >= 0.3 is 0 Å². The molecule has 0 spiro atoms. The minimum Gasteiger partial charge on any atom is -0.411 e. The molecule has 4 nitrogen and oxygen atoms in total. The van der Waals surface area contributed by atoms with E-state index in [0.717, 1.165) is 43.5 Å². The van der Waals surface area contributed by atoms with Gasteiger partial charge in [-0.3, -0.25) is 0 Å². The lowest BCUT2D eigenvalue weighted by atomic mass is 9.70. The van der Waals surface area contributed by atoms with Gasteiger partial charge in [-0.1, -0.05) is 10.3 Å². The van der Waals surface area contributed by atoms with Crippen LogP contribution in [0.5, 0.6) is 0 Å². The molecule has 2 rings (SSSR count). The van der Waals surface area contributed by atoms with Crippen LogP contribution in [0.3, 0.4) is 0 Å². The fourth-order valence-corrected chi connectivity index (χ4v) is 2.50. The summed E-state index contributed by atoms with van der Waals surface area (Å²) in [7, 11) is 0. The molecule has 4 heteroatoms. The summed E-state index contributed by atoms with van der Waals surface area (Å²) < 4.78 is 0. The monoisotopic (exact) mass is 182 g/mol. The molecule has 2 aliphatic rings. The lowest BCUT2D eigenvalue weighted by Gasteiger charge is -2.34. The van der Waals surface area contributed by atoms with Gasteiger partial charge in [-0.15, -0.1) is 0 Å². The molecule has 0 aromatic heterocycles. The summed E-state index contributed by atoms with van der Waals surface area (Å²) in [6.07, 6.45) is 4.64. The van der Waals surface area contributed by atoms with Gasteiger partial charge in [0.25, 0.3) is 0 Å². The van der Waals surface area contributed by atoms with Crippen LogP contribution < -0.4 is 0 Å². The summed E-state index contributed by atoms with van der Waals surface area (Å²) in [6, 6.07) is 0. The quantitative estimate of drug-likeness (QED) is 0.443. The van der Waals surface area contributed by atoms with Crippen LogP contribution >= 0.6 is 0 Å². The Morgan fingerprint density at radius 2 is 1.38 bits per heavy atom. The molecule has 2 fully saturated rings. The molecule has 2 bridgehead atoms. The summed E-state index contributed by atoms with van der Waals surface area (Å²) in [5, 5.41) is 24.1. The number of hydrogen-bond acceptors (Lipinski definition) is 4. The maximum absolute atomic E-state index is 8.73. The average molecular weight is 182 g/mol. The zero-order chi connectivity index (χ0) is 9.26. The van der Waals surface area contributed by atoms with Crippen molar-refractivity contribution in [3.8, 4) is 0 Å². The Morgan fingerprint density at radius 3 is 1.77 bits per heavy atom. The van der Waals surface area contributed by atoms with E-state index in [2.05, 4.69) is 10.3 Å². The first-order chi connectivity index (χ1) is 6.35. The predicted octanol–water partition coefficient (Wildman–Crippen LogP) is 1.86. The Labute approximate surface area is 76.9 Å². The first-order valence-electron chi connectivity index (χ1n) is 4.76. The zero-order valence-corrected chi connectivity index (χ0v) is 7.48. The van der Waals surface area contributed by atoms with E-state index in [1.807, 2.05) is 0 Å². The molecule has 0 saturated heterocycles. The summed E-state index contributed by atoms with van der Waals surface area (Å²) >= 11 is 0. The van der Waals surface area contributed by atoms with Gasteiger partial charge in [0.15, 0.2) is 0 Å². The molecule has 0 heterocycles. The first-order valence-corrected chi connectivity index (χ1v) is 4.76. The predicted molar refractivity (Wildman–Crippen MR) is 48.5 cm³/mol. The second-order valence-electron chi connectivity index (χ2n) is 3.89. The number of hydrogen-bond donors (Lipinski definition) is 2. The van der Waals surface area contributed by atoms with Crippen LogP contribution in [-0.4, -0.2) is 21.8 Å². The molecular formula is C9H14N2O2.